The summed E-state index contributed by atoms with van der Waals surface area (Å²) in [4.78, 5) is 14.3. The molecule has 0 aliphatic carbocycles. The zero-order valence-corrected chi connectivity index (χ0v) is 12.8. The maximum absolute atomic E-state index is 12.5. The fraction of sp³-hybridized carbons (Fsp3) is 0.562. The Morgan fingerprint density at radius 2 is 2.23 bits per heavy atom. The molecule has 6 heteroatoms. The Labute approximate surface area is 130 Å². The van der Waals surface area contributed by atoms with Crippen molar-refractivity contribution in [3.63, 3.8) is 0 Å². The van der Waals surface area contributed by atoms with E-state index in [1.807, 2.05) is 30.0 Å². The van der Waals surface area contributed by atoms with Crippen molar-refractivity contribution in [3.8, 4) is 11.5 Å². The molecule has 2 heterocycles. The fourth-order valence-corrected chi connectivity index (χ4v) is 2.73. The van der Waals surface area contributed by atoms with Crippen molar-refractivity contribution in [1.29, 1.82) is 0 Å². The number of ether oxygens (including phenoxy) is 3. The van der Waals surface area contributed by atoms with Crippen LogP contribution in [0.25, 0.3) is 0 Å². The maximum atomic E-state index is 12.5. The molecule has 22 heavy (non-hydrogen) atoms. The predicted molar refractivity (Wildman–Crippen MR) is 80.9 cm³/mol. The van der Waals surface area contributed by atoms with E-state index in [0.717, 1.165) is 30.2 Å². The van der Waals surface area contributed by atoms with Crippen molar-refractivity contribution >= 4 is 5.91 Å². The Morgan fingerprint density at radius 3 is 3.00 bits per heavy atom. The fourth-order valence-electron chi connectivity index (χ4n) is 2.73. The number of fused-ring (bicyclic) bond motifs is 1. The third-order valence-electron chi connectivity index (χ3n) is 3.96. The van der Waals surface area contributed by atoms with Crippen LogP contribution < -0.4 is 14.8 Å². The molecule has 1 aromatic carbocycles. The maximum Gasteiger partial charge on any atom is 0.231 e. The van der Waals surface area contributed by atoms with E-state index >= 15 is 0 Å². The first-order valence-electron chi connectivity index (χ1n) is 7.73. The highest BCUT2D eigenvalue weighted by Gasteiger charge is 2.21. The van der Waals surface area contributed by atoms with Crippen molar-refractivity contribution in [3.05, 3.63) is 23.8 Å². The van der Waals surface area contributed by atoms with Gasteiger partial charge in [-0.1, -0.05) is 6.07 Å². The van der Waals surface area contributed by atoms with E-state index in [4.69, 9.17) is 14.2 Å². The molecule has 0 bridgehead atoms. The minimum absolute atomic E-state index is 0.118. The first kappa shape index (κ1) is 15.1. The van der Waals surface area contributed by atoms with Crippen LogP contribution in [0.2, 0.25) is 0 Å². The second-order valence-electron chi connectivity index (χ2n) is 5.53. The lowest BCUT2D eigenvalue weighted by Gasteiger charge is -2.27. The number of nitrogens with one attached hydrogen (secondary N) is 1. The second-order valence-corrected chi connectivity index (χ2v) is 5.53. The van der Waals surface area contributed by atoms with E-state index in [1.165, 1.54) is 0 Å². The Kier molecular flexibility index (Phi) is 4.80. The van der Waals surface area contributed by atoms with Crippen molar-refractivity contribution in [1.82, 2.24) is 10.2 Å². The molecule has 1 atom stereocenters. The van der Waals surface area contributed by atoms with Crippen molar-refractivity contribution in [2.45, 2.75) is 25.9 Å². The van der Waals surface area contributed by atoms with Crippen LogP contribution in [0.4, 0.5) is 0 Å². The number of amides is 1. The first-order valence-corrected chi connectivity index (χ1v) is 7.73. The highest BCUT2D eigenvalue weighted by Crippen LogP contribution is 2.32. The summed E-state index contributed by atoms with van der Waals surface area (Å²) in [5, 5.41) is 3.32. The number of nitrogens with zero attached hydrogens (tertiary/aromatic N) is 1. The van der Waals surface area contributed by atoms with Crippen molar-refractivity contribution < 1.29 is 19.0 Å². The van der Waals surface area contributed by atoms with Crippen LogP contribution in [-0.2, 0) is 16.1 Å². The number of morpholine rings is 1. The molecule has 3 rings (SSSR count). The lowest BCUT2D eigenvalue weighted by molar-refractivity contribution is -0.132. The molecule has 1 unspecified atom stereocenters. The molecule has 1 saturated heterocycles. The molecule has 0 saturated carbocycles. The third kappa shape index (κ3) is 3.51. The zero-order chi connectivity index (χ0) is 15.4. The Morgan fingerprint density at radius 1 is 1.36 bits per heavy atom. The minimum atomic E-state index is 0.118. The van der Waals surface area contributed by atoms with Crippen LogP contribution in [0.5, 0.6) is 11.5 Å². The molecule has 1 fully saturated rings. The second kappa shape index (κ2) is 6.98. The summed E-state index contributed by atoms with van der Waals surface area (Å²) in [5.41, 5.74) is 1.05. The van der Waals surface area contributed by atoms with Gasteiger partial charge in [0.15, 0.2) is 11.5 Å². The van der Waals surface area contributed by atoms with Crippen LogP contribution in [0.1, 0.15) is 18.9 Å². The normalized spacial score (nSPS) is 20.0. The van der Waals surface area contributed by atoms with Gasteiger partial charge in [0, 0.05) is 32.1 Å². The summed E-state index contributed by atoms with van der Waals surface area (Å²) in [5.74, 6) is 1.66. The predicted octanol–water partition coefficient (Wildman–Crippen LogP) is 1.14. The highest BCUT2D eigenvalue weighted by atomic mass is 16.7. The first-order chi connectivity index (χ1) is 10.8. The number of benzene rings is 1. The van der Waals surface area contributed by atoms with Gasteiger partial charge >= 0.3 is 0 Å². The van der Waals surface area contributed by atoms with Gasteiger partial charge in [0.2, 0.25) is 12.7 Å². The van der Waals surface area contributed by atoms with Gasteiger partial charge in [0.25, 0.3) is 0 Å². The monoisotopic (exact) mass is 306 g/mol. The summed E-state index contributed by atoms with van der Waals surface area (Å²) in [6, 6.07) is 5.94. The average molecular weight is 306 g/mol. The van der Waals surface area contributed by atoms with Gasteiger partial charge in [0.05, 0.1) is 13.2 Å². The molecule has 0 spiro atoms. The van der Waals surface area contributed by atoms with Gasteiger partial charge < -0.3 is 24.4 Å². The number of rotatable bonds is 5. The zero-order valence-electron chi connectivity index (χ0n) is 12.8. The summed E-state index contributed by atoms with van der Waals surface area (Å²) in [7, 11) is 0. The van der Waals surface area contributed by atoms with E-state index in [-0.39, 0.29) is 18.7 Å². The summed E-state index contributed by atoms with van der Waals surface area (Å²) >= 11 is 0. The molecular formula is C16H22N2O4. The van der Waals surface area contributed by atoms with Gasteiger partial charge in [-0.2, -0.15) is 0 Å². The molecule has 0 radical (unpaired) electrons. The summed E-state index contributed by atoms with van der Waals surface area (Å²) in [6.07, 6.45) is 0.471. The number of hydrogen-bond donors (Lipinski definition) is 1. The lowest BCUT2D eigenvalue weighted by atomic mass is 10.1. The van der Waals surface area contributed by atoms with Crippen LogP contribution in [0.3, 0.4) is 0 Å². The molecule has 120 valence electrons. The standard InChI is InChI=1S/C16H22N2O4/c1-2-18(16(19)8-13-10-20-6-5-17-13)9-12-3-4-14-15(7-12)22-11-21-14/h3-4,7,13,17H,2,5-6,8-11H2,1H3. The van der Waals surface area contributed by atoms with Crippen LogP contribution >= 0.6 is 0 Å². The topological polar surface area (TPSA) is 60.0 Å². The van der Waals surface area contributed by atoms with Gasteiger partial charge in [0.1, 0.15) is 0 Å². The smallest absolute Gasteiger partial charge is 0.231 e. The van der Waals surface area contributed by atoms with Gasteiger partial charge in [-0.15, -0.1) is 0 Å². The molecule has 2 aliphatic heterocycles. The van der Waals surface area contributed by atoms with Gasteiger partial charge in [-0.3, -0.25) is 4.79 Å². The van der Waals surface area contributed by atoms with E-state index in [0.29, 0.717) is 26.1 Å². The van der Waals surface area contributed by atoms with Crippen LogP contribution in [-0.4, -0.2) is 49.9 Å². The van der Waals surface area contributed by atoms with Gasteiger partial charge in [-0.25, -0.2) is 0 Å². The van der Waals surface area contributed by atoms with Crippen LogP contribution in [0, 0.1) is 0 Å². The average Bonchev–Trinajstić information content (AvgIpc) is 3.01. The Balaban J connectivity index is 1.59. The van der Waals surface area contributed by atoms with Crippen LogP contribution in [0.15, 0.2) is 18.2 Å². The minimum Gasteiger partial charge on any atom is -0.454 e. The molecule has 0 aromatic heterocycles. The molecule has 1 N–H and O–H groups in total. The van der Waals surface area contributed by atoms with E-state index in [1.54, 1.807) is 0 Å². The quantitative estimate of drug-likeness (QED) is 0.884. The number of hydrogen-bond acceptors (Lipinski definition) is 5. The number of carbonyl (C=O) groups excluding carboxylic acids is 1. The molecule has 2 aliphatic rings. The number of carbonyl (C=O) groups is 1. The molecule has 1 aromatic rings. The Bertz CT molecular complexity index is 529. The molecule has 1 amide bonds. The van der Waals surface area contributed by atoms with E-state index in [9.17, 15) is 4.79 Å². The Hall–Kier alpha value is -1.79. The van der Waals surface area contributed by atoms with E-state index < -0.39 is 0 Å². The van der Waals surface area contributed by atoms with Gasteiger partial charge in [-0.05, 0) is 24.6 Å². The molecule has 6 nitrogen and oxygen atoms in total. The summed E-state index contributed by atoms with van der Waals surface area (Å²) in [6.45, 7) is 5.66. The largest absolute Gasteiger partial charge is 0.454 e. The lowest BCUT2D eigenvalue weighted by Crippen LogP contribution is -2.45. The summed E-state index contributed by atoms with van der Waals surface area (Å²) < 4.78 is 16.1. The van der Waals surface area contributed by atoms with E-state index in [2.05, 4.69) is 5.32 Å². The third-order valence-corrected chi connectivity index (χ3v) is 3.96. The van der Waals surface area contributed by atoms with Crippen molar-refractivity contribution in [2.24, 2.45) is 0 Å². The van der Waals surface area contributed by atoms with Crippen molar-refractivity contribution in [2.75, 3.05) is 33.1 Å². The highest BCUT2D eigenvalue weighted by molar-refractivity contribution is 5.76. The molecular weight excluding hydrogens is 284 g/mol. The SMILES string of the molecule is CCN(Cc1ccc2c(c1)OCO2)C(=O)CC1COCCN1.